The van der Waals surface area contributed by atoms with E-state index in [2.05, 4.69) is 5.32 Å². The van der Waals surface area contributed by atoms with E-state index >= 15 is 0 Å². The van der Waals surface area contributed by atoms with Gasteiger partial charge in [0.15, 0.2) is 11.5 Å². The number of hydrogen-bond acceptors (Lipinski definition) is 4. The summed E-state index contributed by atoms with van der Waals surface area (Å²) in [6, 6.07) is 13.6. The predicted molar refractivity (Wildman–Crippen MR) is 94.7 cm³/mol. The van der Waals surface area contributed by atoms with Crippen LogP contribution in [0.1, 0.15) is 17.5 Å². The SMILES string of the molecule is O=C1CC(NCc2cccc3c2OCO3)CN1Cc1ccccc1Cl. The molecular formula is C19H19ClN2O3. The number of nitrogens with one attached hydrogen (secondary N) is 1. The van der Waals surface area contributed by atoms with E-state index in [4.69, 9.17) is 21.1 Å². The first-order chi connectivity index (χ1) is 12.2. The van der Waals surface area contributed by atoms with Crippen molar-refractivity contribution in [1.82, 2.24) is 10.2 Å². The van der Waals surface area contributed by atoms with Crippen LogP contribution in [0.25, 0.3) is 0 Å². The van der Waals surface area contributed by atoms with Gasteiger partial charge in [0, 0.05) is 42.7 Å². The predicted octanol–water partition coefficient (Wildman–Crippen LogP) is 2.96. The Bertz CT molecular complexity index is 796. The topological polar surface area (TPSA) is 50.8 Å². The number of carbonyl (C=O) groups is 1. The molecule has 0 radical (unpaired) electrons. The first-order valence-corrected chi connectivity index (χ1v) is 8.70. The molecule has 1 fully saturated rings. The molecule has 1 unspecified atom stereocenters. The third kappa shape index (κ3) is 3.43. The molecule has 130 valence electrons. The van der Waals surface area contributed by atoms with Gasteiger partial charge in [-0.2, -0.15) is 0 Å². The van der Waals surface area contributed by atoms with Gasteiger partial charge in [-0.15, -0.1) is 0 Å². The third-order valence-corrected chi connectivity index (χ3v) is 4.96. The summed E-state index contributed by atoms with van der Waals surface area (Å²) in [5.41, 5.74) is 2.02. The molecule has 1 atom stereocenters. The first kappa shape index (κ1) is 16.2. The van der Waals surface area contributed by atoms with E-state index in [1.165, 1.54) is 0 Å². The first-order valence-electron chi connectivity index (χ1n) is 8.33. The van der Waals surface area contributed by atoms with Gasteiger partial charge in [-0.25, -0.2) is 0 Å². The van der Waals surface area contributed by atoms with Gasteiger partial charge in [0.25, 0.3) is 0 Å². The van der Waals surface area contributed by atoms with E-state index < -0.39 is 0 Å². The van der Waals surface area contributed by atoms with E-state index in [9.17, 15) is 4.79 Å². The number of para-hydroxylation sites is 1. The van der Waals surface area contributed by atoms with Crippen molar-refractivity contribution in [2.75, 3.05) is 13.3 Å². The van der Waals surface area contributed by atoms with Gasteiger partial charge in [0.05, 0.1) is 0 Å². The van der Waals surface area contributed by atoms with Crippen molar-refractivity contribution in [2.45, 2.75) is 25.6 Å². The Morgan fingerprint density at radius 1 is 1.12 bits per heavy atom. The Kier molecular flexibility index (Phi) is 4.51. The minimum atomic E-state index is 0.119. The van der Waals surface area contributed by atoms with Crippen LogP contribution in [-0.4, -0.2) is 30.2 Å². The molecule has 2 aliphatic rings. The molecule has 25 heavy (non-hydrogen) atoms. The summed E-state index contributed by atoms with van der Waals surface area (Å²) >= 11 is 6.20. The lowest BCUT2D eigenvalue weighted by molar-refractivity contribution is -0.128. The maximum atomic E-state index is 12.3. The number of ether oxygens (including phenoxy) is 2. The molecule has 1 amide bonds. The molecule has 0 aromatic heterocycles. The number of amides is 1. The van der Waals surface area contributed by atoms with Gasteiger partial charge >= 0.3 is 0 Å². The monoisotopic (exact) mass is 358 g/mol. The number of benzene rings is 2. The van der Waals surface area contributed by atoms with Crippen molar-refractivity contribution in [1.29, 1.82) is 0 Å². The van der Waals surface area contributed by atoms with Gasteiger partial charge in [-0.1, -0.05) is 41.9 Å². The molecule has 2 heterocycles. The average Bonchev–Trinajstić information content (AvgIpc) is 3.22. The number of halogens is 1. The fraction of sp³-hybridized carbons (Fsp3) is 0.316. The number of fused-ring (bicyclic) bond motifs is 1. The Morgan fingerprint density at radius 2 is 1.96 bits per heavy atom. The van der Waals surface area contributed by atoms with Crippen molar-refractivity contribution >= 4 is 17.5 Å². The molecule has 0 bridgehead atoms. The second-order valence-corrected chi connectivity index (χ2v) is 6.71. The van der Waals surface area contributed by atoms with Crippen LogP contribution in [0.3, 0.4) is 0 Å². The van der Waals surface area contributed by atoms with Crippen molar-refractivity contribution in [3.8, 4) is 11.5 Å². The molecule has 0 saturated carbocycles. The van der Waals surface area contributed by atoms with E-state index in [-0.39, 0.29) is 18.7 Å². The summed E-state index contributed by atoms with van der Waals surface area (Å²) in [5, 5.41) is 4.16. The van der Waals surface area contributed by atoms with Crippen molar-refractivity contribution in [3.05, 3.63) is 58.6 Å². The van der Waals surface area contributed by atoms with Crippen LogP contribution in [-0.2, 0) is 17.9 Å². The summed E-state index contributed by atoms with van der Waals surface area (Å²) in [6.07, 6.45) is 0.497. The van der Waals surface area contributed by atoms with Crippen LogP contribution >= 0.6 is 11.6 Å². The lowest BCUT2D eigenvalue weighted by Crippen LogP contribution is -2.32. The van der Waals surface area contributed by atoms with Crippen LogP contribution < -0.4 is 14.8 Å². The largest absolute Gasteiger partial charge is 0.454 e. The van der Waals surface area contributed by atoms with Crippen LogP contribution in [0.2, 0.25) is 5.02 Å². The Labute approximate surface area is 151 Å². The van der Waals surface area contributed by atoms with Crippen LogP contribution in [0, 0.1) is 0 Å². The highest BCUT2D eigenvalue weighted by atomic mass is 35.5. The lowest BCUT2D eigenvalue weighted by atomic mass is 10.1. The quantitative estimate of drug-likeness (QED) is 0.892. The zero-order valence-corrected chi connectivity index (χ0v) is 14.5. The minimum absolute atomic E-state index is 0.119. The van der Waals surface area contributed by atoms with Crippen molar-refractivity contribution in [3.63, 3.8) is 0 Å². The van der Waals surface area contributed by atoms with Crippen molar-refractivity contribution < 1.29 is 14.3 Å². The molecule has 6 heteroatoms. The zero-order chi connectivity index (χ0) is 17.2. The van der Waals surface area contributed by atoms with Crippen LogP contribution in [0.15, 0.2) is 42.5 Å². The van der Waals surface area contributed by atoms with Gasteiger partial charge in [0.1, 0.15) is 0 Å². The summed E-state index contributed by atoms with van der Waals surface area (Å²) in [6.45, 7) is 2.13. The van der Waals surface area contributed by atoms with E-state index in [0.29, 0.717) is 31.1 Å². The number of likely N-dealkylation sites (tertiary alicyclic amines) is 1. The van der Waals surface area contributed by atoms with E-state index in [0.717, 1.165) is 22.6 Å². The highest BCUT2D eigenvalue weighted by Crippen LogP contribution is 2.35. The zero-order valence-electron chi connectivity index (χ0n) is 13.7. The molecular weight excluding hydrogens is 340 g/mol. The highest BCUT2D eigenvalue weighted by Gasteiger charge is 2.30. The summed E-state index contributed by atoms with van der Waals surface area (Å²) < 4.78 is 10.9. The normalized spacial score (nSPS) is 18.8. The Hall–Kier alpha value is -2.24. The molecule has 2 aromatic carbocycles. The molecule has 0 spiro atoms. The molecule has 4 rings (SSSR count). The van der Waals surface area contributed by atoms with Gasteiger partial charge in [-0.3, -0.25) is 4.79 Å². The van der Waals surface area contributed by atoms with Crippen LogP contribution in [0.5, 0.6) is 11.5 Å². The van der Waals surface area contributed by atoms with Crippen LogP contribution in [0.4, 0.5) is 0 Å². The fourth-order valence-electron chi connectivity index (χ4n) is 3.28. The molecule has 0 aliphatic carbocycles. The summed E-state index contributed by atoms with van der Waals surface area (Å²) in [4.78, 5) is 14.2. The average molecular weight is 359 g/mol. The second-order valence-electron chi connectivity index (χ2n) is 6.30. The van der Waals surface area contributed by atoms with Crippen molar-refractivity contribution in [2.24, 2.45) is 0 Å². The smallest absolute Gasteiger partial charge is 0.231 e. The van der Waals surface area contributed by atoms with Gasteiger partial charge in [-0.05, 0) is 17.7 Å². The molecule has 1 N–H and O–H groups in total. The number of hydrogen-bond donors (Lipinski definition) is 1. The highest BCUT2D eigenvalue weighted by molar-refractivity contribution is 6.31. The summed E-state index contributed by atoms with van der Waals surface area (Å²) in [5.74, 6) is 1.73. The van der Waals surface area contributed by atoms with Gasteiger partial charge in [0.2, 0.25) is 12.7 Å². The molecule has 2 aromatic rings. The Balaban J connectivity index is 1.37. The number of nitrogens with zero attached hydrogens (tertiary/aromatic N) is 1. The summed E-state index contributed by atoms with van der Waals surface area (Å²) in [7, 11) is 0. The second kappa shape index (κ2) is 6.94. The molecule has 1 saturated heterocycles. The molecule has 2 aliphatic heterocycles. The Morgan fingerprint density at radius 3 is 2.84 bits per heavy atom. The maximum absolute atomic E-state index is 12.3. The fourth-order valence-corrected chi connectivity index (χ4v) is 3.47. The maximum Gasteiger partial charge on any atom is 0.231 e. The third-order valence-electron chi connectivity index (χ3n) is 4.59. The molecule has 5 nitrogen and oxygen atoms in total. The lowest BCUT2D eigenvalue weighted by Gasteiger charge is -2.18. The number of rotatable bonds is 5. The minimum Gasteiger partial charge on any atom is -0.454 e. The standard InChI is InChI=1S/C19H19ClN2O3/c20-16-6-2-1-4-14(16)10-22-11-15(8-18(22)23)21-9-13-5-3-7-17-19(13)25-12-24-17/h1-7,15,21H,8-12H2. The van der Waals surface area contributed by atoms with Gasteiger partial charge < -0.3 is 19.7 Å². The van der Waals surface area contributed by atoms with E-state index in [1.807, 2.05) is 47.4 Å². The van der Waals surface area contributed by atoms with E-state index in [1.54, 1.807) is 0 Å². The number of carbonyl (C=O) groups excluding carboxylic acids is 1.